The van der Waals surface area contributed by atoms with Crippen LogP contribution in [-0.2, 0) is 6.54 Å². The lowest BCUT2D eigenvalue weighted by molar-refractivity contribution is 0.0999. The lowest BCUT2D eigenvalue weighted by Crippen LogP contribution is -2.16. The average molecular weight is 362 g/mol. The molecule has 4 rings (SSSR count). The minimum absolute atomic E-state index is 0.196. The van der Waals surface area contributed by atoms with Gasteiger partial charge >= 0.3 is 0 Å². The smallest absolute Gasteiger partial charge is 0.252 e. The van der Waals surface area contributed by atoms with E-state index in [1.165, 1.54) is 6.20 Å². The van der Waals surface area contributed by atoms with Gasteiger partial charge in [0.2, 0.25) is 12.7 Å². The maximum Gasteiger partial charge on any atom is 0.252 e. The van der Waals surface area contributed by atoms with E-state index in [9.17, 15) is 4.79 Å². The van der Waals surface area contributed by atoms with Gasteiger partial charge in [-0.3, -0.25) is 9.78 Å². The monoisotopic (exact) mass is 362 g/mol. The molecular weight excluding hydrogens is 346 g/mol. The molecule has 1 aliphatic rings. The Morgan fingerprint density at radius 1 is 1.22 bits per heavy atom. The van der Waals surface area contributed by atoms with Crippen LogP contribution >= 0.6 is 0 Å². The highest BCUT2D eigenvalue weighted by Crippen LogP contribution is 2.33. The van der Waals surface area contributed by atoms with Gasteiger partial charge < -0.3 is 20.5 Å². The molecular formula is C19H16N5O3. The summed E-state index contributed by atoms with van der Waals surface area (Å²) in [7, 11) is 0. The van der Waals surface area contributed by atoms with Crippen LogP contribution in [0.25, 0.3) is 0 Å². The zero-order chi connectivity index (χ0) is 18.6. The number of hydrogen-bond donors (Lipinski definition) is 2. The third kappa shape index (κ3) is 3.79. The van der Waals surface area contributed by atoms with Crippen LogP contribution in [0.15, 0.2) is 48.9 Å². The molecule has 8 nitrogen and oxygen atoms in total. The zero-order valence-corrected chi connectivity index (χ0v) is 14.3. The summed E-state index contributed by atoms with van der Waals surface area (Å²) >= 11 is 0. The van der Waals surface area contributed by atoms with Crippen molar-refractivity contribution in [3.8, 4) is 11.5 Å². The highest BCUT2D eigenvalue weighted by Gasteiger charge is 2.17. The first kappa shape index (κ1) is 16.8. The van der Waals surface area contributed by atoms with Gasteiger partial charge in [0.15, 0.2) is 11.5 Å². The van der Waals surface area contributed by atoms with Crippen molar-refractivity contribution >= 4 is 11.9 Å². The van der Waals surface area contributed by atoms with Gasteiger partial charge in [0.25, 0.3) is 5.91 Å². The average Bonchev–Trinajstić information content (AvgIpc) is 3.15. The van der Waals surface area contributed by atoms with E-state index in [4.69, 9.17) is 15.2 Å². The summed E-state index contributed by atoms with van der Waals surface area (Å²) in [6.45, 7) is 0.703. The second kappa shape index (κ2) is 7.28. The van der Waals surface area contributed by atoms with Crippen LogP contribution in [0.1, 0.15) is 27.2 Å². The molecule has 2 aromatic heterocycles. The molecule has 0 bridgehead atoms. The number of aromatic nitrogens is 3. The summed E-state index contributed by atoms with van der Waals surface area (Å²) in [4.78, 5) is 24.4. The van der Waals surface area contributed by atoms with E-state index in [2.05, 4.69) is 20.3 Å². The quantitative estimate of drug-likeness (QED) is 0.689. The van der Waals surface area contributed by atoms with Gasteiger partial charge in [-0.15, -0.1) is 0 Å². The lowest BCUT2D eigenvalue weighted by atomic mass is 10.1. The van der Waals surface area contributed by atoms with Gasteiger partial charge in [-0.1, -0.05) is 12.1 Å². The van der Waals surface area contributed by atoms with Crippen LogP contribution in [-0.4, -0.2) is 27.7 Å². The standard InChI is InChI=1S/C19H16N5O3/c20-18(25)14-10-23-19(22-9-13-2-1-5-21-8-13)24-15(14)6-12-3-4-16-17(7-12)27-11-26-16/h1-8,10H,9,11H2,(H2,20,25)(H,22,23,24). The van der Waals surface area contributed by atoms with Crippen LogP contribution in [0, 0.1) is 6.42 Å². The predicted octanol–water partition coefficient (Wildman–Crippen LogP) is 1.91. The number of amides is 1. The minimum atomic E-state index is -0.596. The largest absolute Gasteiger partial charge is 0.454 e. The molecule has 0 aliphatic carbocycles. The number of nitrogens with zero attached hydrogens (tertiary/aromatic N) is 3. The first-order valence-electron chi connectivity index (χ1n) is 8.23. The molecule has 0 saturated carbocycles. The molecule has 8 heteroatoms. The summed E-state index contributed by atoms with van der Waals surface area (Å²) in [5.41, 5.74) is 7.91. The number of carbonyl (C=O) groups is 1. The van der Waals surface area contributed by atoms with Crippen LogP contribution in [0.5, 0.6) is 11.5 Å². The fourth-order valence-electron chi connectivity index (χ4n) is 2.62. The van der Waals surface area contributed by atoms with Crippen molar-refractivity contribution < 1.29 is 14.3 Å². The Hall–Kier alpha value is -3.68. The van der Waals surface area contributed by atoms with Gasteiger partial charge in [-0.05, 0) is 29.3 Å². The maximum atomic E-state index is 11.7. The second-order valence-corrected chi connectivity index (χ2v) is 5.83. The van der Waals surface area contributed by atoms with E-state index in [1.807, 2.05) is 24.3 Å². The number of anilines is 1. The van der Waals surface area contributed by atoms with E-state index < -0.39 is 5.91 Å². The molecule has 3 N–H and O–H groups in total. The maximum absolute atomic E-state index is 11.7. The van der Waals surface area contributed by atoms with E-state index in [0.717, 1.165) is 11.1 Å². The third-order valence-corrected chi connectivity index (χ3v) is 3.96. The zero-order valence-electron chi connectivity index (χ0n) is 14.3. The number of hydrogen-bond acceptors (Lipinski definition) is 7. The Bertz CT molecular complexity index is 978. The number of pyridine rings is 1. The van der Waals surface area contributed by atoms with E-state index in [0.29, 0.717) is 29.7 Å². The number of nitrogens with one attached hydrogen (secondary N) is 1. The fourth-order valence-corrected chi connectivity index (χ4v) is 2.62. The molecule has 1 aromatic carbocycles. The summed E-state index contributed by atoms with van der Waals surface area (Å²) in [6.07, 6.45) is 6.63. The molecule has 0 spiro atoms. The Morgan fingerprint density at radius 2 is 2.11 bits per heavy atom. The van der Waals surface area contributed by atoms with Crippen molar-refractivity contribution in [2.45, 2.75) is 6.54 Å². The van der Waals surface area contributed by atoms with E-state index in [-0.39, 0.29) is 12.4 Å². The molecule has 0 atom stereocenters. The predicted molar refractivity (Wildman–Crippen MR) is 97.2 cm³/mol. The van der Waals surface area contributed by atoms with Gasteiger partial charge in [0.1, 0.15) is 0 Å². The molecule has 0 unspecified atom stereocenters. The van der Waals surface area contributed by atoms with Crippen molar-refractivity contribution in [2.75, 3.05) is 12.1 Å². The number of nitrogens with two attached hydrogens (primary N) is 1. The topological polar surface area (TPSA) is 112 Å². The van der Waals surface area contributed by atoms with Gasteiger partial charge in [0, 0.05) is 31.6 Å². The van der Waals surface area contributed by atoms with Crippen molar-refractivity contribution in [1.82, 2.24) is 15.0 Å². The van der Waals surface area contributed by atoms with Crippen LogP contribution in [0.4, 0.5) is 5.95 Å². The van der Waals surface area contributed by atoms with Gasteiger partial charge in [-0.2, -0.15) is 0 Å². The number of ether oxygens (including phenoxy) is 2. The molecule has 1 radical (unpaired) electrons. The van der Waals surface area contributed by atoms with E-state index in [1.54, 1.807) is 24.9 Å². The Morgan fingerprint density at radius 3 is 2.93 bits per heavy atom. The van der Waals surface area contributed by atoms with Gasteiger partial charge in [-0.25, -0.2) is 9.97 Å². The van der Waals surface area contributed by atoms with Crippen molar-refractivity contribution in [3.05, 3.63) is 77.7 Å². The Kier molecular flexibility index (Phi) is 4.52. The fraction of sp³-hybridized carbons (Fsp3) is 0.105. The molecule has 135 valence electrons. The highest BCUT2D eigenvalue weighted by molar-refractivity contribution is 5.94. The first-order valence-corrected chi connectivity index (χ1v) is 8.23. The number of fused-ring (bicyclic) bond motifs is 1. The normalized spacial score (nSPS) is 12.0. The molecule has 1 amide bonds. The highest BCUT2D eigenvalue weighted by atomic mass is 16.7. The van der Waals surface area contributed by atoms with Crippen LogP contribution in [0.3, 0.4) is 0 Å². The summed E-state index contributed by atoms with van der Waals surface area (Å²) < 4.78 is 10.7. The second-order valence-electron chi connectivity index (χ2n) is 5.83. The number of primary amides is 1. The van der Waals surface area contributed by atoms with Crippen molar-refractivity contribution in [1.29, 1.82) is 0 Å². The van der Waals surface area contributed by atoms with Gasteiger partial charge in [0.05, 0.1) is 11.3 Å². The van der Waals surface area contributed by atoms with E-state index >= 15 is 0 Å². The SMILES string of the molecule is NC(=O)c1cnc(NCc2cccnc2)nc1[CH]c1ccc2c(c1)OCO2. The molecule has 27 heavy (non-hydrogen) atoms. The Balaban J connectivity index is 1.56. The molecule has 0 saturated heterocycles. The first-order chi connectivity index (χ1) is 13.2. The van der Waals surface area contributed by atoms with Crippen LogP contribution in [0.2, 0.25) is 0 Å². The number of rotatable bonds is 6. The third-order valence-electron chi connectivity index (χ3n) is 3.96. The van der Waals surface area contributed by atoms with Crippen LogP contribution < -0.4 is 20.5 Å². The lowest BCUT2D eigenvalue weighted by Gasteiger charge is -2.10. The molecule has 1 aliphatic heterocycles. The molecule has 0 fully saturated rings. The summed E-state index contributed by atoms with van der Waals surface area (Å²) in [5, 5.41) is 3.12. The van der Waals surface area contributed by atoms with Crippen molar-refractivity contribution in [2.24, 2.45) is 5.73 Å². The summed E-state index contributed by atoms with van der Waals surface area (Å²) in [6, 6.07) is 9.27. The minimum Gasteiger partial charge on any atom is -0.454 e. The Labute approximate surface area is 155 Å². The number of carbonyl (C=O) groups excluding carboxylic acids is 1. The summed E-state index contributed by atoms with van der Waals surface area (Å²) in [5.74, 6) is 1.12. The van der Waals surface area contributed by atoms with Crippen molar-refractivity contribution in [3.63, 3.8) is 0 Å². The number of benzene rings is 1. The molecule has 3 heterocycles. The molecule has 3 aromatic rings.